The van der Waals surface area contributed by atoms with Crippen LogP contribution in [0.1, 0.15) is 25.0 Å². The first-order valence-electron chi connectivity index (χ1n) is 7.24. The molecule has 0 aromatic heterocycles. The van der Waals surface area contributed by atoms with E-state index in [0.717, 1.165) is 22.4 Å². The summed E-state index contributed by atoms with van der Waals surface area (Å²) >= 11 is 0. The van der Waals surface area contributed by atoms with E-state index < -0.39 is 0 Å². The van der Waals surface area contributed by atoms with E-state index in [-0.39, 0.29) is 5.91 Å². The molecule has 0 aliphatic rings. The van der Waals surface area contributed by atoms with Gasteiger partial charge in [0, 0.05) is 17.8 Å². The highest BCUT2D eigenvalue weighted by Gasteiger charge is 2.16. The molecule has 2 nitrogen and oxygen atoms in total. The Hall–Kier alpha value is -2.35. The normalized spacial score (nSPS) is 11.3. The van der Waals surface area contributed by atoms with E-state index in [1.54, 1.807) is 0 Å². The summed E-state index contributed by atoms with van der Waals surface area (Å²) in [5.74, 6) is 0.0515. The summed E-state index contributed by atoms with van der Waals surface area (Å²) in [7, 11) is 0. The fraction of sp³-hybridized carbons (Fsp3) is 0.211. The summed E-state index contributed by atoms with van der Waals surface area (Å²) < 4.78 is 0. The molecule has 2 aromatic carbocycles. The second-order valence-corrected chi connectivity index (χ2v) is 5.07. The highest BCUT2D eigenvalue weighted by atomic mass is 16.2. The van der Waals surface area contributed by atoms with Crippen LogP contribution in [0.25, 0.3) is 6.08 Å². The van der Waals surface area contributed by atoms with E-state index >= 15 is 0 Å². The Labute approximate surface area is 126 Å². The van der Waals surface area contributed by atoms with Crippen molar-refractivity contribution >= 4 is 17.7 Å². The summed E-state index contributed by atoms with van der Waals surface area (Å²) in [6.07, 6.45) is 1.93. The van der Waals surface area contributed by atoms with Crippen molar-refractivity contribution in [1.29, 1.82) is 0 Å². The van der Waals surface area contributed by atoms with Crippen LogP contribution in [-0.4, -0.2) is 12.5 Å². The van der Waals surface area contributed by atoms with Crippen molar-refractivity contribution in [2.75, 3.05) is 11.4 Å². The molecule has 0 saturated heterocycles. The minimum absolute atomic E-state index is 0.0515. The molecular formula is C19H21NO. The molecule has 21 heavy (non-hydrogen) atoms. The first kappa shape index (κ1) is 15.0. The molecule has 0 unspecified atom stereocenters. The van der Waals surface area contributed by atoms with Crippen LogP contribution in [0.3, 0.4) is 0 Å². The minimum Gasteiger partial charge on any atom is -0.309 e. The molecule has 0 spiro atoms. The second-order valence-electron chi connectivity index (χ2n) is 5.07. The molecule has 0 N–H and O–H groups in total. The standard InChI is InChI=1S/C19H21NO/c1-4-20(18-13-9-8-10-15(18)2)19(21)16(3)14-17-11-6-5-7-12-17/h5-14H,4H2,1-3H3/b16-14+. The van der Waals surface area contributed by atoms with Gasteiger partial charge in [-0.25, -0.2) is 0 Å². The zero-order chi connectivity index (χ0) is 15.2. The molecule has 0 bridgehead atoms. The van der Waals surface area contributed by atoms with Crippen molar-refractivity contribution in [2.45, 2.75) is 20.8 Å². The van der Waals surface area contributed by atoms with Crippen LogP contribution >= 0.6 is 0 Å². The molecule has 2 rings (SSSR count). The number of rotatable bonds is 4. The Bertz CT molecular complexity index is 644. The van der Waals surface area contributed by atoms with Gasteiger partial charge in [0.1, 0.15) is 0 Å². The molecule has 2 aromatic rings. The molecule has 0 aliphatic carbocycles. The topological polar surface area (TPSA) is 20.3 Å². The van der Waals surface area contributed by atoms with Gasteiger partial charge in [0.15, 0.2) is 0 Å². The molecule has 0 atom stereocenters. The smallest absolute Gasteiger partial charge is 0.253 e. The molecule has 108 valence electrons. The van der Waals surface area contributed by atoms with Gasteiger partial charge in [-0.3, -0.25) is 4.79 Å². The van der Waals surface area contributed by atoms with Crippen LogP contribution in [0.4, 0.5) is 5.69 Å². The Balaban J connectivity index is 2.29. The van der Waals surface area contributed by atoms with Crippen LogP contribution in [0, 0.1) is 6.92 Å². The first-order valence-corrected chi connectivity index (χ1v) is 7.24. The molecule has 0 fully saturated rings. The molecule has 0 aliphatic heterocycles. The van der Waals surface area contributed by atoms with Gasteiger partial charge < -0.3 is 4.90 Å². The fourth-order valence-corrected chi connectivity index (χ4v) is 2.36. The minimum atomic E-state index is 0.0515. The molecule has 1 amide bonds. The average molecular weight is 279 g/mol. The van der Waals surface area contributed by atoms with Gasteiger partial charge >= 0.3 is 0 Å². The maximum absolute atomic E-state index is 12.7. The number of likely N-dealkylation sites (N-methyl/N-ethyl adjacent to an activating group) is 1. The van der Waals surface area contributed by atoms with Crippen molar-refractivity contribution in [3.05, 3.63) is 71.3 Å². The van der Waals surface area contributed by atoms with E-state index in [1.807, 2.05) is 86.3 Å². The van der Waals surface area contributed by atoms with Gasteiger partial charge in [0.2, 0.25) is 0 Å². The van der Waals surface area contributed by atoms with E-state index in [9.17, 15) is 4.79 Å². The molecule has 0 saturated carbocycles. The van der Waals surface area contributed by atoms with Gasteiger partial charge in [-0.2, -0.15) is 0 Å². The van der Waals surface area contributed by atoms with Crippen LogP contribution < -0.4 is 4.90 Å². The quantitative estimate of drug-likeness (QED) is 0.757. The Morgan fingerprint density at radius 3 is 2.29 bits per heavy atom. The maximum Gasteiger partial charge on any atom is 0.253 e. The number of para-hydroxylation sites is 1. The third kappa shape index (κ3) is 3.60. The average Bonchev–Trinajstić information content (AvgIpc) is 2.50. The number of amides is 1. The highest BCUT2D eigenvalue weighted by molar-refractivity contribution is 6.08. The second kappa shape index (κ2) is 6.89. The number of hydrogen-bond acceptors (Lipinski definition) is 1. The van der Waals surface area contributed by atoms with Crippen molar-refractivity contribution in [2.24, 2.45) is 0 Å². The fourth-order valence-electron chi connectivity index (χ4n) is 2.36. The number of benzene rings is 2. The lowest BCUT2D eigenvalue weighted by atomic mass is 10.1. The molecular weight excluding hydrogens is 258 g/mol. The summed E-state index contributed by atoms with van der Waals surface area (Å²) in [5, 5.41) is 0. The largest absolute Gasteiger partial charge is 0.309 e. The van der Waals surface area contributed by atoms with Crippen molar-refractivity contribution < 1.29 is 4.79 Å². The lowest BCUT2D eigenvalue weighted by molar-refractivity contribution is -0.115. The van der Waals surface area contributed by atoms with Gasteiger partial charge in [-0.1, -0.05) is 48.5 Å². The zero-order valence-corrected chi connectivity index (χ0v) is 12.8. The van der Waals surface area contributed by atoms with E-state index in [2.05, 4.69) is 0 Å². The molecule has 0 radical (unpaired) electrons. The van der Waals surface area contributed by atoms with E-state index in [0.29, 0.717) is 6.54 Å². The SMILES string of the molecule is CCN(C(=O)/C(C)=C/c1ccccc1)c1ccccc1C. The number of hydrogen-bond donors (Lipinski definition) is 0. The van der Waals surface area contributed by atoms with Gasteiger partial charge in [-0.05, 0) is 44.0 Å². The highest BCUT2D eigenvalue weighted by Crippen LogP contribution is 2.21. The van der Waals surface area contributed by atoms with Crippen LogP contribution in [0.15, 0.2) is 60.2 Å². The predicted octanol–water partition coefficient (Wildman–Crippen LogP) is 4.45. The van der Waals surface area contributed by atoms with Gasteiger partial charge in [0.25, 0.3) is 5.91 Å². The third-order valence-corrected chi connectivity index (χ3v) is 3.49. The first-order chi connectivity index (χ1) is 10.1. The van der Waals surface area contributed by atoms with E-state index in [1.165, 1.54) is 0 Å². The lowest BCUT2D eigenvalue weighted by Gasteiger charge is -2.23. The zero-order valence-electron chi connectivity index (χ0n) is 12.8. The summed E-state index contributed by atoms with van der Waals surface area (Å²) in [6, 6.07) is 17.9. The number of carbonyl (C=O) groups is 1. The molecule has 0 heterocycles. The summed E-state index contributed by atoms with van der Waals surface area (Å²) in [4.78, 5) is 14.5. The van der Waals surface area contributed by atoms with Crippen molar-refractivity contribution in [3.8, 4) is 0 Å². The van der Waals surface area contributed by atoms with Crippen LogP contribution in [0.2, 0.25) is 0 Å². The number of anilines is 1. The number of nitrogens with zero attached hydrogens (tertiary/aromatic N) is 1. The summed E-state index contributed by atoms with van der Waals surface area (Å²) in [6.45, 7) is 6.56. The monoisotopic (exact) mass is 279 g/mol. The van der Waals surface area contributed by atoms with Gasteiger partial charge in [-0.15, -0.1) is 0 Å². The van der Waals surface area contributed by atoms with Crippen LogP contribution in [0.5, 0.6) is 0 Å². The maximum atomic E-state index is 12.7. The number of aryl methyl sites for hydroxylation is 1. The lowest BCUT2D eigenvalue weighted by Crippen LogP contribution is -2.31. The number of carbonyl (C=O) groups excluding carboxylic acids is 1. The van der Waals surface area contributed by atoms with Crippen molar-refractivity contribution in [1.82, 2.24) is 0 Å². The Morgan fingerprint density at radius 1 is 1.05 bits per heavy atom. The van der Waals surface area contributed by atoms with E-state index in [4.69, 9.17) is 0 Å². The summed E-state index contributed by atoms with van der Waals surface area (Å²) in [5.41, 5.74) is 3.88. The Kier molecular flexibility index (Phi) is 4.94. The van der Waals surface area contributed by atoms with Crippen molar-refractivity contribution in [3.63, 3.8) is 0 Å². The predicted molar refractivity (Wildman–Crippen MR) is 89.3 cm³/mol. The third-order valence-electron chi connectivity index (χ3n) is 3.49. The molecule has 2 heteroatoms. The van der Waals surface area contributed by atoms with Crippen LogP contribution in [-0.2, 0) is 4.79 Å². The Morgan fingerprint density at radius 2 is 1.67 bits per heavy atom. The van der Waals surface area contributed by atoms with Gasteiger partial charge in [0.05, 0.1) is 0 Å².